The number of nitrogens with zero attached hydrogens (tertiary/aromatic N) is 1. The van der Waals surface area contributed by atoms with Crippen molar-refractivity contribution in [2.24, 2.45) is 0 Å². The van der Waals surface area contributed by atoms with Gasteiger partial charge in [0.1, 0.15) is 11.1 Å². The number of thiazole rings is 1. The number of amides is 1. The van der Waals surface area contributed by atoms with Crippen molar-refractivity contribution in [1.82, 2.24) is 10.3 Å². The number of benzene rings is 1. The summed E-state index contributed by atoms with van der Waals surface area (Å²) in [4.78, 5) is 29.0. The minimum Gasteiger partial charge on any atom is -0.422 e. The van der Waals surface area contributed by atoms with Gasteiger partial charge in [-0.25, -0.2) is 9.78 Å². The Hall–Kier alpha value is -2.47. The van der Waals surface area contributed by atoms with E-state index < -0.39 is 11.5 Å². The van der Waals surface area contributed by atoms with Crippen LogP contribution in [0.15, 0.2) is 44.9 Å². The van der Waals surface area contributed by atoms with E-state index >= 15 is 0 Å². The van der Waals surface area contributed by atoms with Crippen LogP contribution in [0.3, 0.4) is 0 Å². The van der Waals surface area contributed by atoms with Crippen molar-refractivity contribution in [3.63, 3.8) is 0 Å². The minimum absolute atomic E-state index is 0.000127. The summed E-state index contributed by atoms with van der Waals surface area (Å²) in [6.07, 6.45) is 0. The van der Waals surface area contributed by atoms with Crippen molar-refractivity contribution in [2.75, 3.05) is 0 Å². The van der Waals surface area contributed by atoms with Crippen LogP contribution in [0.1, 0.15) is 53.8 Å². The molecule has 24 heavy (non-hydrogen) atoms. The molecule has 1 amide bonds. The van der Waals surface area contributed by atoms with Crippen molar-refractivity contribution in [2.45, 2.75) is 32.7 Å². The van der Waals surface area contributed by atoms with Crippen LogP contribution in [0.2, 0.25) is 0 Å². The Bertz CT molecular complexity index is 943. The molecule has 0 unspecified atom stereocenters. The second kappa shape index (κ2) is 6.57. The first-order chi connectivity index (χ1) is 11.5. The smallest absolute Gasteiger partial charge is 0.349 e. The Kier molecular flexibility index (Phi) is 4.49. The van der Waals surface area contributed by atoms with Gasteiger partial charge >= 0.3 is 5.63 Å². The molecule has 124 valence electrons. The van der Waals surface area contributed by atoms with Crippen molar-refractivity contribution >= 4 is 28.2 Å². The third kappa shape index (κ3) is 3.23. The molecule has 2 heterocycles. The number of fused-ring (bicyclic) bond motifs is 1. The molecule has 0 aliphatic carbocycles. The van der Waals surface area contributed by atoms with Crippen LogP contribution < -0.4 is 10.9 Å². The number of hydrogen-bond donors (Lipinski definition) is 1. The molecule has 5 nitrogen and oxygen atoms in total. The highest BCUT2D eigenvalue weighted by Gasteiger charge is 2.18. The summed E-state index contributed by atoms with van der Waals surface area (Å²) in [7, 11) is 0. The lowest BCUT2D eigenvalue weighted by Crippen LogP contribution is -2.30. The van der Waals surface area contributed by atoms with E-state index in [9.17, 15) is 9.59 Å². The molecule has 0 spiro atoms. The van der Waals surface area contributed by atoms with Crippen LogP contribution in [-0.4, -0.2) is 10.9 Å². The lowest BCUT2D eigenvalue weighted by molar-refractivity contribution is 0.0935. The molecule has 1 atom stereocenters. The minimum atomic E-state index is -0.639. The molecule has 6 heteroatoms. The summed E-state index contributed by atoms with van der Waals surface area (Å²) in [6, 6.07) is 8.38. The summed E-state index contributed by atoms with van der Waals surface area (Å²) >= 11 is 1.57. The molecule has 1 N–H and O–H groups in total. The fourth-order valence-electron chi connectivity index (χ4n) is 2.33. The van der Waals surface area contributed by atoms with Crippen LogP contribution in [-0.2, 0) is 0 Å². The first-order valence-corrected chi connectivity index (χ1v) is 8.62. The van der Waals surface area contributed by atoms with E-state index in [2.05, 4.69) is 24.1 Å². The van der Waals surface area contributed by atoms with E-state index in [0.29, 0.717) is 16.9 Å². The lowest BCUT2D eigenvalue weighted by Gasteiger charge is -2.11. The number of carbonyl (C=O) groups is 1. The summed E-state index contributed by atoms with van der Waals surface area (Å²) < 4.78 is 5.21. The summed E-state index contributed by atoms with van der Waals surface area (Å²) in [5.74, 6) is -0.111. The van der Waals surface area contributed by atoms with Crippen molar-refractivity contribution < 1.29 is 9.21 Å². The Balaban J connectivity index is 1.83. The topological polar surface area (TPSA) is 72.2 Å². The zero-order chi connectivity index (χ0) is 17.3. The van der Waals surface area contributed by atoms with Gasteiger partial charge < -0.3 is 9.73 Å². The normalized spacial score (nSPS) is 12.5. The Morgan fingerprint density at radius 2 is 2.00 bits per heavy atom. The van der Waals surface area contributed by atoms with Crippen molar-refractivity contribution in [1.29, 1.82) is 0 Å². The number of para-hydroxylation sites is 1. The van der Waals surface area contributed by atoms with Crippen LogP contribution in [0.4, 0.5) is 0 Å². The van der Waals surface area contributed by atoms with E-state index in [0.717, 1.165) is 10.7 Å². The quantitative estimate of drug-likeness (QED) is 0.731. The molecule has 3 rings (SSSR count). The molecule has 0 bridgehead atoms. The van der Waals surface area contributed by atoms with Gasteiger partial charge in [-0.2, -0.15) is 0 Å². The number of hydrogen-bond acceptors (Lipinski definition) is 5. The molecule has 0 aliphatic rings. The fraction of sp³-hybridized carbons (Fsp3) is 0.278. The van der Waals surface area contributed by atoms with E-state index in [-0.39, 0.29) is 11.6 Å². The van der Waals surface area contributed by atoms with Gasteiger partial charge in [0.25, 0.3) is 5.91 Å². The molecule has 2 aromatic heterocycles. The second-order valence-corrected chi connectivity index (χ2v) is 6.84. The highest BCUT2D eigenvalue weighted by Crippen LogP contribution is 2.23. The largest absolute Gasteiger partial charge is 0.422 e. The molecule has 0 fully saturated rings. The maximum Gasteiger partial charge on any atom is 0.349 e. The monoisotopic (exact) mass is 342 g/mol. The predicted octanol–water partition coefficient (Wildman–Crippen LogP) is 3.86. The van der Waals surface area contributed by atoms with Crippen LogP contribution >= 0.6 is 11.3 Å². The lowest BCUT2D eigenvalue weighted by atomic mass is 10.1. The SMILES string of the molecule is CC(C)c1nc([C@H](C)NC(=O)c2cc3ccccc3oc2=O)cs1. The molecule has 0 saturated heterocycles. The first kappa shape index (κ1) is 16.4. The maximum absolute atomic E-state index is 12.4. The van der Waals surface area contributed by atoms with Gasteiger partial charge in [-0.15, -0.1) is 11.3 Å². The van der Waals surface area contributed by atoms with Gasteiger partial charge in [-0.3, -0.25) is 4.79 Å². The van der Waals surface area contributed by atoms with Gasteiger partial charge in [-0.1, -0.05) is 32.0 Å². The summed E-state index contributed by atoms with van der Waals surface area (Å²) in [5.41, 5.74) is 0.620. The van der Waals surface area contributed by atoms with Gasteiger partial charge in [0.05, 0.1) is 16.7 Å². The number of nitrogens with one attached hydrogen (secondary N) is 1. The van der Waals surface area contributed by atoms with Crippen LogP contribution in [0.25, 0.3) is 11.0 Å². The second-order valence-electron chi connectivity index (χ2n) is 5.95. The summed E-state index contributed by atoms with van der Waals surface area (Å²) in [5, 5.41) is 6.49. The molecule has 0 saturated carbocycles. The Morgan fingerprint density at radius 1 is 1.25 bits per heavy atom. The summed E-state index contributed by atoms with van der Waals surface area (Å²) in [6.45, 7) is 6.00. The fourth-order valence-corrected chi connectivity index (χ4v) is 3.26. The highest BCUT2D eigenvalue weighted by atomic mass is 32.1. The zero-order valence-corrected chi connectivity index (χ0v) is 14.5. The van der Waals surface area contributed by atoms with E-state index in [4.69, 9.17) is 4.42 Å². The zero-order valence-electron chi connectivity index (χ0n) is 13.7. The standard InChI is InChI=1S/C18H18N2O3S/c1-10(2)17-20-14(9-24-17)11(3)19-16(21)13-8-12-6-4-5-7-15(12)23-18(13)22/h4-11H,1-3H3,(H,19,21)/t11-/m0/s1. The van der Waals surface area contributed by atoms with Gasteiger partial charge in [0.2, 0.25) is 0 Å². The van der Waals surface area contributed by atoms with Crippen molar-refractivity contribution in [3.8, 4) is 0 Å². The number of carbonyl (C=O) groups excluding carboxylic acids is 1. The molecule has 1 aromatic carbocycles. The van der Waals surface area contributed by atoms with E-state index in [1.807, 2.05) is 18.4 Å². The predicted molar refractivity (Wildman–Crippen MR) is 94.6 cm³/mol. The third-order valence-electron chi connectivity index (χ3n) is 3.71. The average Bonchev–Trinajstić information content (AvgIpc) is 3.04. The Morgan fingerprint density at radius 3 is 2.71 bits per heavy atom. The molecular weight excluding hydrogens is 324 g/mol. The molecular formula is C18H18N2O3S. The van der Waals surface area contributed by atoms with Crippen LogP contribution in [0, 0.1) is 0 Å². The number of rotatable bonds is 4. The molecule has 3 aromatic rings. The van der Waals surface area contributed by atoms with Gasteiger partial charge in [-0.05, 0) is 19.1 Å². The third-order valence-corrected chi connectivity index (χ3v) is 4.87. The highest BCUT2D eigenvalue weighted by molar-refractivity contribution is 7.09. The van der Waals surface area contributed by atoms with Gasteiger partial charge in [0.15, 0.2) is 0 Å². The van der Waals surface area contributed by atoms with Gasteiger partial charge in [0, 0.05) is 16.7 Å². The first-order valence-electron chi connectivity index (χ1n) is 7.74. The van der Waals surface area contributed by atoms with Crippen LogP contribution in [0.5, 0.6) is 0 Å². The molecule has 0 radical (unpaired) electrons. The Labute approximate surface area is 143 Å². The van der Waals surface area contributed by atoms with Crippen molar-refractivity contribution in [3.05, 3.63) is 62.4 Å². The average molecular weight is 342 g/mol. The van der Waals surface area contributed by atoms with E-state index in [1.54, 1.807) is 35.6 Å². The van der Waals surface area contributed by atoms with E-state index in [1.165, 1.54) is 0 Å². The number of aromatic nitrogens is 1. The maximum atomic E-state index is 12.4. The molecule has 0 aliphatic heterocycles.